The number of para-hydroxylation sites is 3. The molecule has 0 bridgehead atoms. The first kappa shape index (κ1) is 17.7. The Bertz CT molecular complexity index is 995. The molecule has 2 aliphatic heterocycles. The Morgan fingerprint density at radius 1 is 0.724 bits per heavy atom. The molecule has 5 rings (SSSR count). The summed E-state index contributed by atoms with van der Waals surface area (Å²) in [4.78, 5) is 20.5. The second-order valence-corrected chi connectivity index (χ2v) is 7.33. The van der Waals surface area contributed by atoms with Crippen LogP contribution >= 0.6 is 0 Å². The van der Waals surface area contributed by atoms with E-state index in [2.05, 4.69) is 72.1 Å². The highest BCUT2D eigenvalue weighted by Gasteiger charge is 2.22. The number of aliphatic imine (C=N–C) groups is 1. The molecule has 0 aliphatic carbocycles. The Morgan fingerprint density at radius 2 is 1.41 bits per heavy atom. The van der Waals surface area contributed by atoms with Gasteiger partial charge in [-0.15, -0.1) is 0 Å². The van der Waals surface area contributed by atoms with Gasteiger partial charge < -0.3 is 14.7 Å². The summed E-state index contributed by atoms with van der Waals surface area (Å²) < 4.78 is 0. The molecule has 0 spiro atoms. The summed E-state index contributed by atoms with van der Waals surface area (Å²) in [5, 5.41) is 0. The lowest BCUT2D eigenvalue weighted by atomic mass is 10.1. The van der Waals surface area contributed by atoms with E-state index in [-0.39, 0.29) is 0 Å². The van der Waals surface area contributed by atoms with Crippen LogP contribution in [0.2, 0.25) is 0 Å². The Labute approximate surface area is 171 Å². The maximum atomic E-state index is 4.54. The van der Waals surface area contributed by atoms with Crippen LogP contribution < -0.4 is 14.7 Å². The molecule has 0 N–H and O–H groups in total. The quantitative estimate of drug-likeness (QED) is 0.689. The molecule has 29 heavy (non-hydrogen) atoms. The van der Waals surface area contributed by atoms with Gasteiger partial charge in [0, 0.05) is 57.0 Å². The first-order valence-corrected chi connectivity index (χ1v) is 10.1. The van der Waals surface area contributed by atoms with Gasteiger partial charge in [-0.1, -0.05) is 30.3 Å². The Morgan fingerprint density at radius 3 is 2.24 bits per heavy atom. The predicted molar refractivity (Wildman–Crippen MR) is 119 cm³/mol. The van der Waals surface area contributed by atoms with Crippen molar-refractivity contribution in [1.29, 1.82) is 0 Å². The van der Waals surface area contributed by atoms with Gasteiger partial charge in [-0.05, 0) is 29.8 Å². The van der Waals surface area contributed by atoms with Gasteiger partial charge in [0.2, 0.25) is 5.95 Å². The summed E-state index contributed by atoms with van der Waals surface area (Å²) in [6, 6.07) is 19.0. The molecule has 0 unspecified atom stereocenters. The number of piperazine rings is 1. The van der Waals surface area contributed by atoms with Crippen molar-refractivity contribution >= 4 is 29.2 Å². The molecular formula is C23H24N6. The number of aromatic nitrogens is 2. The molecule has 6 heteroatoms. The van der Waals surface area contributed by atoms with E-state index < -0.39 is 0 Å². The average Bonchev–Trinajstić information content (AvgIpc) is 2.80. The van der Waals surface area contributed by atoms with Crippen molar-refractivity contribution in [3.63, 3.8) is 0 Å². The zero-order valence-electron chi connectivity index (χ0n) is 16.4. The van der Waals surface area contributed by atoms with Gasteiger partial charge in [-0.2, -0.15) is 0 Å². The van der Waals surface area contributed by atoms with Crippen molar-refractivity contribution in [2.45, 2.75) is 6.54 Å². The van der Waals surface area contributed by atoms with Crippen LogP contribution in [-0.4, -0.2) is 48.9 Å². The second kappa shape index (κ2) is 7.91. The molecule has 2 aliphatic rings. The largest absolute Gasteiger partial charge is 0.368 e. The highest BCUT2D eigenvalue weighted by Crippen LogP contribution is 2.33. The topological polar surface area (TPSA) is 47.9 Å². The standard InChI is InChI=1S/C23H24N6/c1-3-8-21(27-14-16-28(17-15-27)23-25-10-5-11-26-23)19(6-1)18-29-13-12-24-20-7-2-4-9-22(20)29/h1-12H,13-18H2. The number of rotatable bonds is 4. The maximum absolute atomic E-state index is 4.54. The summed E-state index contributed by atoms with van der Waals surface area (Å²) in [5.74, 6) is 0.824. The molecule has 0 radical (unpaired) electrons. The fourth-order valence-corrected chi connectivity index (χ4v) is 4.09. The summed E-state index contributed by atoms with van der Waals surface area (Å²) in [5.41, 5.74) is 4.92. The van der Waals surface area contributed by atoms with Gasteiger partial charge in [0.05, 0.1) is 17.9 Å². The zero-order chi connectivity index (χ0) is 19.5. The molecule has 0 saturated carbocycles. The molecule has 1 fully saturated rings. The van der Waals surface area contributed by atoms with E-state index in [1.807, 2.05) is 30.7 Å². The van der Waals surface area contributed by atoms with E-state index in [0.29, 0.717) is 0 Å². The SMILES string of the molecule is C1=Nc2ccccc2N(Cc2ccccc2N2CCN(c3ncccn3)CC2)C1. The van der Waals surface area contributed by atoms with Gasteiger partial charge in [-0.3, -0.25) is 4.99 Å². The van der Waals surface area contributed by atoms with Crippen LogP contribution in [0.25, 0.3) is 0 Å². The molecule has 2 aromatic carbocycles. The first-order chi connectivity index (χ1) is 14.4. The lowest BCUT2D eigenvalue weighted by Crippen LogP contribution is -2.47. The normalized spacial score (nSPS) is 16.1. The molecule has 3 aromatic rings. The number of fused-ring (bicyclic) bond motifs is 1. The Balaban J connectivity index is 1.33. The number of benzene rings is 2. The molecule has 0 atom stereocenters. The van der Waals surface area contributed by atoms with Crippen LogP contribution in [0.1, 0.15) is 5.56 Å². The van der Waals surface area contributed by atoms with Gasteiger partial charge in [-0.25, -0.2) is 9.97 Å². The number of hydrogen-bond acceptors (Lipinski definition) is 6. The van der Waals surface area contributed by atoms with Gasteiger partial charge in [0.25, 0.3) is 0 Å². The summed E-state index contributed by atoms with van der Waals surface area (Å²) in [6.45, 7) is 5.50. The van der Waals surface area contributed by atoms with E-state index in [9.17, 15) is 0 Å². The smallest absolute Gasteiger partial charge is 0.225 e. The highest BCUT2D eigenvalue weighted by atomic mass is 15.3. The van der Waals surface area contributed by atoms with E-state index in [1.165, 1.54) is 16.9 Å². The molecule has 0 amide bonds. The Hall–Kier alpha value is -3.41. The first-order valence-electron chi connectivity index (χ1n) is 10.1. The number of nitrogens with zero attached hydrogens (tertiary/aromatic N) is 6. The van der Waals surface area contributed by atoms with Crippen LogP contribution in [0, 0.1) is 0 Å². The minimum absolute atomic E-state index is 0.824. The lowest BCUT2D eigenvalue weighted by molar-refractivity contribution is 0.637. The van der Waals surface area contributed by atoms with Crippen molar-refractivity contribution in [1.82, 2.24) is 9.97 Å². The monoisotopic (exact) mass is 384 g/mol. The molecule has 3 heterocycles. The second-order valence-electron chi connectivity index (χ2n) is 7.33. The Kier molecular flexibility index (Phi) is 4.82. The number of hydrogen-bond donors (Lipinski definition) is 0. The summed E-state index contributed by atoms with van der Waals surface area (Å²) in [7, 11) is 0. The minimum Gasteiger partial charge on any atom is -0.368 e. The van der Waals surface area contributed by atoms with Crippen molar-refractivity contribution in [2.75, 3.05) is 47.4 Å². The van der Waals surface area contributed by atoms with Crippen molar-refractivity contribution in [3.8, 4) is 0 Å². The third kappa shape index (κ3) is 3.66. The van der Waals surface area contributed by atoms with Gasteiger partial charge >= 0.3 is 0 Å². The van der Waals surface area contributed by atoms with E-state index in [1.54, 1.807) is 0 Å². The van der Waals surface area contributed by atoms with E-state index >= 15 is 0 Å². The van der Waals surface area contributed by atoms with E-state index in [0.717, 1.165) is 50.9 Å². The zero-order valence-corrected chi connectivity index (χ0v) is 16.4. The van der Waals surface area contributed by atoms with Crippen LogP contribution in [0.4, 0.5) is 23.0 Å². The van der Waals surface area contributed by atoms with Gasteiger partial charge in [0.15, 0.2) is 0 Å². The fourth-order valence-electron chi connectivity index (χ4n) is 4.09. The average molecular weight is 384 g/mol. The molecule has 146 valence electrons. The molecular weight excluding hydrogens is 360 g/mol. The van der Waals surface area contributed by atoms with Crippen LogP contribution in [0.15, 0.2) is 72.0 Å². The van der Waals surface area contributed by atoms with Gasteiger partial charge in [0.1, 0.15) is 0 Å². The molecule has 1 saturated heterocycles. The van der Waals surface area contributed by atoms with E-state index in [4.69, 9.17) is 0 Å². The lowest BCUT2D eigenvalue weighted by Gasteiger charge is -2.37. The third-order valence-electron chi connectivity index (χ3n) is 5.56. The molecule has 6 nitrogen and oxygen atoms in total. The maximum Gasteiger partial charge on any atom is 0.225 e. The summed E-state index contributed by atoms with van der Waals surface area (Å²) >= 11 is 0. The third-order valence-corrected chi connectivity index (χ3v) is 5.56. The minimum atomic E-state index is 0.824. The van der Waals surface area contributed by atoms with Crippen molar-refractivity contribution in [3.05, 3.63) is 72.6 Å². The highest BCUT2D eigenvalue weighted by molar-refractivity contribution is 5.81. The van der Waals surface area contributed by atoms with Crippen molar-refractivity contribution < 1.29 is 0 Å². The van der Waals surface area contributed by atoms with Crippen molar-refractivity contribution in [2.24, 2.45) is 4.99 Å². The summed E-state index contributed by atoms with van der Waals surface area (Å²) in [6.07, 6.45) is 5.62. The number of anilines is 3. The molecule has 1 aromatic heterocycles. The fraction of sp³-hybridized carbons (Fsp3) is 0.261. The van der Waals surface area contributed by atoms with Crippen LogP contribution in [-0.2, 0) is 6.54 Å². The predicted octanol–water partition coefficient (Wildman–Crippen LogP) is 3.53. The van der Waals surface area contributed by atoms with Crippen LogP contribution in [0.3, 0.4) is 0 Å². The van der Waals surface area contributed by atoms with Crippen LogP contribution in [0.5, 0.6) is 0 Å².